The van der Waals surface area contributed by atoms with Crippen LogP contribution in [0.2, 0.25) is 0 Å². The van der Waals surface area contributed by atoms with Crippen LogP contribution < -0.4 is 0 Å². The third kappa shape index (κ3) is 4.47. The van der Waals surface area contributed by atoms with Gasteiger partial charge in [0, 0.05) is 18.6 Å². The predicted octanol–water partition coefficient (Wildman–Crippen LogP) is 2.34. The van der Waals surface area contributed by atoms with Crippen molar-refractivity contribution in [3.63, 3.8) is 0 Å². The van der Waals surface area contributed by atoms with E-state index >= 15 is 0 Å². The maximum Gasteiger partial charge on any atom is 0.410 e. The topological polar surface area (TPSA) is 70.1 Å². The van der Waals surface area contributed by atoms with Gasteiger partial charge in [0.05, 0.1) is 6.54 Å². The Morgan fingerprint density at radius 1 is 1.17 bits per heavy atom. The van der Waals surface area contributed by atoms with Crippen LogP contribution in [0.5, 0.6) is 0 Å². The van der Waals surface area contributed by atoms with Crippen LogP contribution in [0.3, 0.4) is 0 Å². The minimum Gasteiger partial charge on any atom is -0.480 e. The lowest BCUT2D eigenvalue weighted by molar-refractivity contribution is -0.138. The first-order valence-corrected chi connectivity index (χ1v) is 8.56. The Morgan fingerprint density at radius 2 is 1.92 bits per heavy atom. The molecule has 1 heterocycles. The number of aliphatic carboxylic acids is 1. The Balaban J connectivity index is 1.59. The zero-order valence-electron chi connectivity index (χ0n) is 13.8. The number of ether oxygens (including phenoxy) is 1. The lowest BCUT2D eigenvalue weighted by Crippen LogP contribution is -2.52. The number of carbonyl (C=O) groups excluding carboxylic acids is 1. The van der Waals surface area contributed by atoms with Gasteiger partial charge in [0.1, 0.15) is 6.61 Å². The van der Waals surface area contributed by atoms with Gasteiger partial charge in [0.25, 0.3) is 0 Å². The molecule has 0 unspecified atom stereocenters. The number of likely N-dealkylation sites (tertiary alicyclic amines) is 1. The summed E-state index contributed by atoms with van der Waals surface area (Å²) in [5, 5.41) is 8.98. The number of rotatable bonds is 6. The summed E-state index contributed by atoms with van der Waals surface area (Å²) in [7, 11) is 0. The molecule has 6 nitrogen and oxygen atoms in total. The Hall–Kier alpha value is -2.08. The number of piperidine rings is 1. The maximum absolute atomic E-state index is 12.6. The zero-order chi connectivity index (χ0) is 16.9. The van der Waals surface area contributed by atoms with E-state index < -0.39 is 5.97 Å². The second-order valence-electron chi connectivity index (χ2n) is 6.60. The van der Waals surface area contributed by atoms with Crippen molar-refractivity contribution in [2.75, 3.05) is 19.6 Å². The number of nitrogens with zero attached hydrogens (tertiary/aromatic N) is 2. The third-order valence-corrected chi connectivity index (χ3v) is 4.59. The molecule has 6 heteroatoms. The summed E-state index contributed by atoms with van der Waals surface area (Å²) < 4.78 is 5.51. The molecule has 130 valence electrons. The van der Waals surface area contributed by atoms with E-state index in [2.05, 4.69) is 0 Å². The smallest absolute Gasteiger partial charge is 0.410 e. The Kier molecular flexibility index (Phi) is 5.35. The van der Waals surface area contributed by atoms with Crippen molar-refractivity contribution in [1.82, 2.24) is 9.80 Å². The zero-order valence-corrected chi connectivity index (χ0v) is 13.8. The van der Waals surface area contributed by atoms with Gasteiger partial charge in [-0.2, -0.15) is 0 Å². The normalized spacial score (nSPS) is 21.2. The van der Waals surface area contributed by atoms with Crippen molar-refractivity contribution >= 4 is 12.1 Å². The van der Waals surface area contributed by atoms with Gasteiger partial charge in [0.2, 0.25) is 0 Å². The summed E-state index contributed by atoms with van der Waals surface area (Å²) in [6.07, 6.45) is 3.56. The first kappa shape index (κ1) is 16.8. The predicted molar refractivity (Wildman–Crippen MR) is 88.6 cm³/mol. The highest BCUT2D eigenvalue weighted by molar-refractivity contribution is 5.70. The number of benzene rings is 1. The van der Waals surface area contributed by atoms with Gasteiger partial charge in [-0.1, -0.05) is 30.3 Å². The van der Waals surface area contributed by atoms with Crippen molar-refractivity contribution < 1.29 is 19.4 Å². The third-order valence-electron chi connectivity index (χ3n) is 4.59. The van der Waals surface area contributed by atoms with E-state index in [4.69, 9.17) is 9.84 Å². The molecule has 1 amide bonds. The number of carboxylic acid groups (broad SMARTS) is 1. The second-order valence-corrected chi connectivity index (χ2v) is 6.60. The number of carboxylic acids is 1. The fraction of sp³-hybridized carbons (Fsp3) is 0.556. The Bertz CT molecular complexity index is 574. The molecule has 1 atom stereocenters. The molecule has 0 aromatic heterocycles. The van der Waals surface area contributed by atoms with Gasteiger partial charge in [-0.05, 0) is 37.8 Å². The van der Waals surface area contributed by atoms with E-state index in [0.717, 1.165) is 37.8 Å². The number of hydrogen-bond acceptors (Lipinski definition) is 4. The van der Waals surface area contributed by atoms with Crippen molar-refractivity contribution in [2.45, 2.75) is 44.4 Å². The lowest BCUT2D eigenvalue weighted by Gasteiger charge is -2.38. The summed E-state index contributed by atoms with van der Waals surface area (Å²) in [5.74, 6) is -0.819. The molecule has 0 spiro atoms. The van der Waals surface area contributed by atoms with Crippen LogP contribution in [0.15, 0.2) is 30.3 Å². The average molecular weight is 332 g/mol. The van der Waals surface area contributed by atoms with Crippen LogP contribution in [0.1, 0.15) is 31.2 Å². The largest absolute Gasteiger partial charge is 0.480 e. The molecule has 1 saturated heterocycles. The van der Waals surface area contributed by atoms with Crippen LogP contribution in [0.25, 0.3) is 0 Å². The molecule has 1 N–H and O–H groups in total. The molecule has 1 aliphatic carbocycles. The summed E-state index contributed by atoms with van der Waals surface area (Å²) in [5.41, 5.74) is 0.970. The Morgan fingerprint density at radius 3 is 2.58 bits per heavy atom. The van der Waals surface area contributed by atoms with E-state index in [9.17, 15) is 9.59 Å². The van der Waals surface area contributed by atoms with Crippen LogP contribution >= 0.6 is 0 Å². The van der Waals surface area contributed by atoms with E-state index in [1.807, 2.05) is 40.1 Å². The monoisotopic (exact) mass is 332 g/mol. The van der Waals surface area contributed by atoms with Gasteiger partial charge >= 0.3 is 12.1 Å². The molecular formula is C18H24N2O4. The molecule has 1 aliphatic heterocycles. The van der Waals surface area contributed by atoms with Crippen molar-refractivity contribution in [1.29, 1.82) is 0 Å². The molecule has 1 saturated carbocycles. The van der Waals surface area contributed by atoms with Crippen LogP contribution in [0, 0.1) is 0 Å². The maximum atomic E-state index is 12.6. The van der Waals surface area contributed by atoms with Crippen LogP contribution in [-0.4, -0.2) is 58.7 Å². The summed E-state index contributed by atoms with van der Waals surface area (Å²) in [6, 6.07) is 9.95. The number of amides is 1. The molecular weight excluding hydrogens is 308 g/mol. The van der Waals surface area contributed by atoms with E-state index in [1.54, 1.807) is 0 Å². The molecule has 2 fully saturated rings. The SMILES string of the molecule is O=C(O)CN1CCC[C@@H](N(C(=O)OCc2ccccc2)C2CC2)C1. The summed E-state index contributed by atoms with van der Waals surface area (Å²) in [6.45, 7) is 1.70. The highest BCUT2D eigenvalue weighted by Crippen LogP contribution is 2.32. The molecule has 0 radical (unpaired) electrons. The standard InChI is InChI=1S/C18H24N2O4/c21-17(22)12-19-10-4-7-16(11-19)20(15-8-9-15)18(23)24-13-14-5-2-1-3-6-14/h1-3,5-6,15-16H,4,7-13H2,(H,21,22)/t16-/m1/s1. The quantitative estimate of drug-likeness (QED) is 0.866. The average Bonchev–Trinajstić information content (AvgIpc) is 3.39. The summed E-state index contributed by atoms with van der Waals surface area (Å²) >= 11 is 0. The van der Waals surface area contributed by atoms with Gasteiger partial charge in [-0.25, -0.2) is 4.79 Å². The van der Waals surface area contributed by atoms with Gasteiger partial charge in [-0.15, -0.1) is 0 Å². The van der Waals surface area contributed by atoms with Crippen molar-refractivity contribution in [3.05, 3.63) is 35.9 Å². The highest BCUT2D eigenvalue weighted by Gasteiger charge is 2.40. The first-order valence-electron chi connectivity index (χ1n) is 8.56. The van der Waals surface area contributed by atoms with Crippen LogP contribution in [-0.2, 0) is 16.1 Å². The fourth-order valence-corrected chi connectivity index (χ4v) is 3.34. The van der Waals surface area contributed by atoms with Crippen molar-refractivity contribution in [2.24, 2.45) is 0 Å². The molecule has 24 heavy (non-hydrogen) atoms. The second kappa shape index (κ2) is 7.66. The molecule has 1 aromatic rings. The molecule has 3 rings (SSSR count). The van der Waals surface area contributed by atoms with Crippen LogP contribution in [0.4, 0.5) is 4.79 Å². The van der Waals surface area contributed by atoms with Gasteiger partial charge in [0.15, 0.2) is 0 Å². The highest BCUT2D eigenvalue weighted by atomic mass is 16.6. The van der Waals surface area contributed by atoms with E-state index in [-0.39, 0.29) is 31.3 Å². The van der Waals surface area contributed by atoms with E-state index in [0.29, 0.717) is 6.54 Å². The van der Waals surface area contributed by atoms with Crippen molar-refractivity contribution in [3.8, 4) is 0 Å². The summed E-state index contributed by atoms with van der Waals surface area (Å²) in [4.78, 5) is 27.3. The Labute approximate surface area is 142 Å². The first-order chi connectivity index (χ1) is 11.6. The molecule has 2 aliphatic rings. The van der Waals surface area contributed by atoms with E-state index in [1.165, 1.54) is 0 Å². The minimum atomic E-state index is -0.819. The molecule has 1 aromatic carbocycles. The lowest BCUT2D eigenvalue weighted by atomic mass is 10.0. The molecule has 0 bridgehead atoms. The van der Waals surface area contributed by atoms with Gasteiger partial charge < -0.3 is 14.7 Å². The fourth-order valence-electron chi connectivity index (χ4n) is 3.34. The van der Waals surface area contributed by atoms with Gasteiger partial charge in [-0.3, -0.25) is 9.69 Å². The number of hydrogen-bond donors (Lipinski definition) is 1. The minimum absolute atomic E-state index is 0.0358. The number of carbonyl (C=O) groups is 2.